The third-order valence-corrected chi connectivity index (χ3v) is 3.37. The van der Waals surface area contributed by atoms with E-state index in [-0.39, 0.29) is 0 Å². The fourth-order valence-electron chi connectivity index (χ4n) is 2.24. The van der Waals surface area contributed by atoms with Gasteiger partial charge in [-0.05, 0) is 18.6 Å². The van der Waals surface area contributed by atoms with E-state index in [1.165, 1.54) is 5.56 Å². The summed E-state index contributed by atoms with van der Waals surface area (Å²) in [4.78, 5) is 2.05. The van der Waals surface area contributed by atoms with Gasteiger partial charge in [-0.1, -0.05) is 18.2 Å². The highest BCUT2D eigenvalue weighted by Crippen LogP contribution is 2.39. The molecule has 4 nitrogen and oxygen atoms in total. The Balaban J connectivity index is 2.50. The topological polar surface area (TPSA) is 47.7 Å². The molecule has 0 amide bonds. The van der Waals surface area contributed by atoms with E-state index < -0.39 is 0 Å². The average Bonchev–Trinajstić information content (AvgIpc) is 2.46. The lowest BCUT2D eigenvalue weighted by Gasteiger charge is -2.24. The molecule has 106 valence electrons. The number of hydrogen-bond donors (Lipinski definition) is 1. The Hall–Kier alpha value is -2.36. The third kappa shape index (κ3) is 2.50. The molecule has 0 aromatic heterocycles. The van der Waals surface area contributed by atoms with Crippen molar-refractivity contribution in [2.75, 3.05) is 31.9 Å². The van der Waals surface area contributed by atoms with Crippen LogP contribution in [0.3, 0.4) is 0 Å². The fraction of sp³-hybridized carbons (Fsp3) is 0.250. The molecular weight excluding hydrogens is 252 g/mol. The van der Waals surface area contributed by atoms with Gasteiger partial charge in [0.1, 0.15) is 0 Å². The highest BCUT2D eigenvalue weighted by molar-refractivity contribution is 5.79. The predicted molar refractivity (Wildman–Crippen MR) is 83.2 cm³/mol. The molecule has 20 heavy (non-hydrogen) atoms. The second-order valence-corrected chi connectivity index (χ2v) is 4.61. The van der Waals surface area contributed by atoms with Crippen LogP contribution in [0.5, 0.6) is 11.5 Å². The number of rotatable bonds is 4. The first kappa shape index (κ1) is 14.1. The summed E-state index contributed by atoms with van der Waals surface area (Å²) in [5.41, 5.74) is 9.95. The van der Waals surface area contributed by atoms with Gasteiger partial charge in [0, 0.05) is 24.9 Å². The van der Waals surface area contributed by atoms with Crippen LogP contribution in [0.1, 0.15) is 5.56 Å². The fourth-order valence-corrected chi connectivity index (χ4v) is 2.24. The highest BCUT2D eigenvalue weighted by atomic mass is 16.5. The van der Waals surface area contributed by atoms with Gasteiger partial charge in [0.15, 0.2) is 11.5 Å². The zero-order valence-corrected chi connectivity index (χ0v) is 12.3. The Bertz CT molecular complexity index is 611. The Labute approximate surface area is 119 Å². The molecule has 2 aromatic carbocycles. The second-order valence-electron chi connectivity index (χ2n) is 4.61. The summed E-state index contributed by atoms with van der Waals surface area (Å²) in [7, 11) is 5.20. The predicted octanol–water partition coefficient (Wildman–Crippen LogP) is 3.36. The maximum absolute atomic E-state index is 6.13. The van der Waals surface area contributed by atoms with Gasteiger partial charge in [0.25, 0.3) is 0 Å². The molecule has 0 aliphatic heterocycles. The molecule has 2 aromatic rings. The lowest BCUT2D eigenvalue weighted by Crippen LogP contribution is -2.13. The van der Waals surface area contributed by atoms with E-state index in [4.69, 9.17) is 15.2 Å². The number of methoxy groups -OCH3 is 2. The van der Waals surface area contributed by atoms with Crippen LogP contribution in [0.25, 0.3) is 0 Å². The monoisotopic (exact) mass is 272 g/mol. The number of nitrogens with zero attached hydrogens (tertiary/aromatic N) is 1. The summed E-state index contributed by atoms with van der Waals surface area (Å²) >= 11 is 0. The van der Waals surface area contributed by atoms with Crippen molar-refractivity contribution >= 4 is 17.1 Å². The normalized spacial score (nSPS) is 10.2. The van der Waals surface area contributed by atoms with Crippen molar-refractivity contribution in [2.45, 2.75) is 6.92 Å². The van der Waals surface area contributed by atoms with Gasteiger partial charge >= 0.3 is 0 Å². The lowest BCUT2D eigenvalue weighted by atomic mass is 10.1. The van der Waals surface area contributed by atoms with E-state index in [2.05, 4.69) is 19.1 Å². The minimum absolute atomic E-state index is 0.631. The van der Waals surface area contributed by atoms with E-state index >= 15 is 0 Å². The SMILES string of the molecule is COc1cc(N)c(N(C)c2ccccc2C)cc1OC. The van der Waals surface area contributed by atoms with Gasteiger partial charge < -0.3 is 20.1 Å². The van der Waals surface area contributed by atoms with Crippen LogP contribution >= 0.6 is 0 Å². The molecule has 0 radical (unpaired) electrons. The van der Waals surface area contributed by atoms with Crippen LogP contribution in [0, 0.1) is 6.92 Å². The summed E-state index contributed by atoms with van der Waals surface area (Å²) in [6.45, 7) is 2.07. The Morgan fingerprint density at radius 3 is 2.15 bits per heavy atom. The van der Waals surface area contributed by atoms with Crippen LogP contribution < -0.4 is 20.1 Å². The number of nitrogen functional groups attached to an aromatic ring is 1. The molecule has 0 aliphatic carbocycles. The summed E-state index contributed by atoms with van der Waals surface area (Å²) in [5.74, 6) is 1.30. The molecule has 0 fully saturated rings. The number of anilines is 3. The molecular formula is C16H20N2O2. The summed E-state index contributed by atoms with van der Waals surface area (Å²) in [5, 5.41) is 0. The summed E-state index contributed by atoms with van der Waals surface area (Å²) in [6.07, 6.45) is 0. The molecule has 0 spiro atoms. The molecule has 0 atom stereocenters. The number of hydrogen-bond acceptors (Lipinski definition) is 4. The van der Waals surface area contributed by atoms with E-state index in [0.717, 1.165) is 11.4 Å². The van der Waals surface area contributed by atoms with Crippen molar-refractivity contribution in [1.82, 2.24) is 0 Å². The smallest absolute Gasteiger partial charge is 0.162 e. The number of ether oxygens (including phenoxy) is 2. The quantitative estimate of drug-likeness (QED) is 0.867. The average molecular weight is 272 g/mol. The van der Waals surface area contributed by atoms with Gasteiger partial charge in [0.05, 0.1) is 25.6 Å². The zero-order valence-electron chi connectivity index (χ0n) is 12.3. The summed E-state index contributed by atoms with van der Waals surface area (Å²) < 4.78 is 10.6. The van der Waals surface area contributed by atoms with Crippen molar-refractivity contribution in [1.29, 1.82) is 0 Å². The maximum Gasteiger partial charge on any atom is 0.162 e. The first-order chi connectivity index (χ1) is 9.58. The Morgan fingerprint density at radius 2 is 1.55 bits per heavy atom. The zero-order chi connectivity index (χ0) is 14.7. The van der Waals surface area contributed by atoms with Gasteiger partial charge in [-0.2, -0.15) is 0 Å². The van der Waals surface area contributed by atoms with Gasteiger partial charge in [0.2, 0.25) is 0 Å². The third-order valence-electron chi connectivity index (χ3n) is 3.37. The number of aryl methyl sites for hydroxylation is 1. The van der Waals surface area contributed by atoms with E-state index in [1.54, 1.807) is 20.3 Å². The molecule has 2 N–H and O–H groups in total. The van der Waals surface area contributed by atoms with E-state index in [9.17, 15) is 0 Å². The standard InChI is InChI=1S/C16H20N2O2/c1-11-7-5-6-8-13(11)18(2)14-10-16(20-4)15(19-3)9-12(14)17/h5-10H,17H2,1-4H3. The van der Waals surface area contributed by atoms with Crippen molar-refractivity contribution < 1.29 is 9.47 Å². The first-order valence-corrected chi connectivity index (χ1v) is 6.39. The van der Waals surface area contributed by atoms with Gasteiger partial charge in [-0.25, -0.2) is 0 Å². The minimum Gasteiger partial charge on any atom is -0.493 e. The molecule has 0 bridgehead atoms. The van der Waals surface area contributed by atoms with Crippen molar-refractivity contribution in [3.8, 4) is 11.5 Å². The van der Waals surface area contributed by atoms with Crippen LogP contribution in [0.2, 0.25) is 0 Å². The lowest BCUT2D eigenvalue weighted by molar-refractivity contribution is 0.355. The number of nitrogens with two attached hydrogens (primary N) is 1. The molecule has 0 unspecified atom stereocenters. The van der Waals surface area contributed by atoms with Crippen molar-refractivity contribution in [2.24, 2.45) is 0 Å². The van der Waals surface area contributed by atoms with Crippen LogP contribution in [0.15, 0.2) is 36.4 Å². The first-order valence-electron chi connectivity index (χ1n) is 6.39. The second kappa shape index (κ2) is 5.74. The molecule has 4 heteroatoms. The highest BCUT2D eigenvalue weighted by Gasteiger charge is 2.14. The van der Waals surface area contributed by atoms with Crippen LogP contribution in [0.4, 0.5) is 17.1 Å². The minimum atomic E-state index is 0.631. The van der Waals surface area contributed by atoms with E-state index in [0.29, 0.717) is 17.2 Å². The largest absolute Gasteiger partial charge is 0.493 e. The van der Waals surface area contributed by atoms with E-state index in [1.807, 2.05) is 30.1 Å². The van der Waals surface area contributed by atoms with Crippen molar-refractivity contribution in [3.05, 3.63) is 42.0 Å². The number of benzene rings is 2. The van der Waals surface area contributed by atoms with Crippen LogP contribution in [-0.2, 0) is 0 Å². The Morgan fingerprint density at radius 1 is 0.950 bits per heavy atom. The molecule has 0 saturated heterocycles. The molecule has 0 heterocycles. The molecule has 0 aliphatic rings. The maximum atomic E-state index is 6.13. The molecule has 0 saturated carbocycles. The summed E-state index contributed by atoms with van der Waals surface area (Å²) in [6, 6.07) is 11.8. The molecule has 2 rings (SSSR count). The van der Waals surface area contributed by atoms with Crippen LogP contribution in [-0.4, -0.2) is 21.3 Å². The number of para-hydroxylation sites is 1. The van der Waals surface area contributed by atoms with Gasteiger partial charge in [-0.3, -0.25) is 0 Å². The van der Waals surface area contributed by atoms with Crippen molar-refractivity contribution in [3.63, 3.8) is 0 Å². The van der Waals surface area contributed by atoms with Gasteiger partial charge in [-0.15, -0.1) is 0 Å². The Kier molecular flexibility index (Phi) is 4.03.